The molecule has 0 heterocycles. The molecule has 0 aromatic heterocycles. The lowest BCUT2D eigenvalue weighted by atomic mass is 9.94. The molecule has 0 bridgehead atoms. The Balaban J connectivity index is 2.17. The molecule has 0 saturated heterocycles. The first kappa shape index (κ1) is 26.5. The first-order chi connectivity index (χ1) is 16.0. The number of carboxylic acid groups (broad SMARTS) is 1. The second-order valence-electron chi connectivity index (χ2n) is 7.89. The lowest BCUT2D eigenvalue weighted by Crippen LogP contribution is -2.07. The molecule has 0 radical (unpaired) electrons. The molecule has 0 spiro atoms. The fraction of sp³-hybridized carbons (Fsp3) is 0.240. The summed E-state index contributed by atoms with van der Waals surface area (Å²) in [4.78, 5) is 11.1. The Kier molecular flexibility index (Phi) is 8.62. The van der Waals surface area contributed by atoms with Crippen LogP contribution in [-0.4, -0.2) is 23.3 Å². The summed E-state index contributed by atoms with van der Waals surface area (Å²) in [5.41, 5.74) is 1.66. The number of carbonyl (C=O) groups is 1. The molecule has 0 aliphatic rings. The third kappa shape index (κ3) is 5.74. The normalized spacial score (nSPS) is 12.0. The highest BCUT2D eigenvalue weighted by Crippen LogP contribution is 2.44. The number of aliphatic hydroxyl groups is 1. The Labute approximate surface area is 218 Å². The Morgan fingerprint density at radius 1 is 1.06 bits per heavy atom. The van der Waals surface area contributed by atoms with Crippen molar-refractivity contribution in [1.29, 1.82) is 0 Å². The fourth-order valence-electron chi connectivity index (χ4n) is 3.52. The standard InChI is InChI=1S/C25H22Br2ClFO5/c1-12(2)15-10-21(34-25-17(26)7-13(8-18(25)27)9-22(30)31)16(11-20(15)33-3)24(32)14-5-4-6-19(28)23(14)29/h4-8,10-12,24,32H,9H2,1-3H3,(H,30,31). The number of aliphatic hydroxyl groups excluding tert-OH is 1. The van der Waals surface area contributed by atoms with Crippen LogP contribution in [0.15, 0.2) is 51.4 Å². The highest BCUT2D eigenvalue weighted by molar-refractivity contribution is 9.11. The van der Waals surface area contributed by atoms with Gasteiger partial charge < -0.3 is 19.7 Å². The number of aliphatic carboxylic acids is 1. The van der Waals surface area contributed by atoms with Gasteiger partial charge in [0, 0.05) is 16.7 Å². The van der Waals surface area contributed by atoms with Gasteiger partial charge >= 0.3 is 5.97 Å². The van der Waals surface area contributed by atoms with Crippen LogP contribution in [0, 0.1) is 5.82 Å². The van der Waals surface area contributed by atoms with Crippen molar-refractivity contribution in [2.45, 2.75) is 32.3 Å². The maximum absolute atomic E-state index is 14.7. The van der Waals surface area contributed by atoms with Gasteiger partial charge in [-0.05, 0) is 73.7 Å². The van der Waals surface area contributed by atoms with Gasteiger partial charge in [-0.2, -0.15) is 0 Å². The summed E-state index contributed by atoms with van der Waals surface area (Å²) in [5.74, 6) is -0.448. The zero-order valence-corrected chi connectivity index (χ0v) is 22.5. The minimum Gasteiger partial charge on any atom is -0.496 e. The summed E-state index contributed by atoms with van der Waals surface area (Å²) in [6, 6.07) is 11.1. The van der Waals surface area contributed by atoms with E-state index in [0.29, 0.717) is 26.0 Å². The molecular weight excluding hydrogens is 595 g/mol. The first-order valence-electron chi connectivity index (χ1n) is 10.2. The van der Waals surface area contributed by atoms with E-state index in [1.165, 1.54) is 19.2 Å². The molecule has 3 aromatic rings. The van der Waals surface area contributed by atoms with Crippen LogP contribution < -0.4 is 9.47 Å². The van der Waals surface area contributed by atoms with Gasteiger partial charge in [-0.1, -0.05) is 37.6 Å². The van der Waals surface area contributed by atoms with Crippen LogP contribution in [0.4, 0.5) is 4.39 Å². The van der Waals surface area contributed by atoms with Gasteiger partial charge in [-0.15, -0.1) is 0 Å². The molecule has 0 aliphatic carbocycles. The molecule has 180 valence electrons. The topological polar surface area (TPSA) is 76.0 Å². The van der Waals surface area contributed by atoms with E-state index in [4.69, 9.17) is 26.2 Å². The number of ether oxygens (including phenoxy) is 2. The van der Waals surface area contributed by atoms with Crippen LogP contribution >= 0.6 is 43.5 Å². The molecule has 3 rings (SSSR count). The van der Waals surface area contributed by atoms with Gasteiger partial charge in [0.25, 0.3) is 0 Å². The summed E-state index contributed by atoms with van der Waals surface area (Å²) < 4.78 is 27.5. The fourth-order valence-corrected chi connectivity index (χ4v) is 5.14. The lowest BCUT2D eigenvalue weighted by molar-refractivity contribution is -0.136. The second-order valence-corrected chi connectivity index (χ2v) is 10.0. The van der Waals surface area contributed by atoms with Crippen molar-refractivity contribution < 1.29 is 28.9 Å². The molecule has 3 aromatic carbocycles. The van der Waals surface area contributed by atoms with Crippen molar-refractivity contribution >= 4 is 49.4 Å². The SMILES string of the molecule is COc1cc(C(O)c2cccc(Cl)c2F)c(Oc2c(Br)cc(CC(=O)O)cc2Br)cc1C(C)C. The van der Waals surface area contributed by atoms with Crippen molar-refractivity contribution in [3.05, 3.63) is 84.5 Å². The molecule has 1 atom stereocenters. The summed E-state index contributed by atoms with van der Waals surface area (Å²) in [5, 5.41) is 20.1. The van der Waals surface area contributed by atoms with Gasteiger partial charge in [-0.3, -0.25) is 4.79 Å². The third-order valence-corrected chi connectivity index (χ3v) is 6.65. The molecular formula is C25H22Br2ClFO5. The van der Waals surface area contributed by atoms with Gasteiger partial charge in [-0.25, -0.2) is 4.39 Å². The average molecular weight is 617 g/mol. The van der Waals surface area contributed by atoms with E-state index in [1.54, 1.807) is 30.3 Å². The van der Waals surface area contributed by atoms with Crippen LogP contribution in [0.2, 0.25) is 5.02 Å². The predicted octanol–water partition coefficient (Wildman–Crippen LogP) is 7.64. The van der Waals surface area contributed by atoms with Crippen molar-refractivity contribution in [2.24, 2.45) is 0 Å². The molecule has 0 fully saturated rings. The molecule has 0 amide bonds. The number of benzene rings is 3. The Bertz CT molecular complexity index is 1210. The molecule has 34 heavy (non-hydrogen) atoms. The molecule has 9 heteroatoms. The number of hydrogen-bond acceptors (Lipinski definition) is 4. The number of carboxylic acids is 1. The van der Waals surface area contributed by atoms with Crippen LogP contribution in [0.25, 0.3) is 0 Å². The number of halogens is 4. The van der Waals surface area contributed by atoms with Gasteiger partial charge in [0.05, 0.1) is 27.5 Å². The largest absolute Gasteiger partial charge is 0.496 e. The number of hydrogen-bond donors (Lipinski definition) is 2. The monoisotopic (exact) mass is 614 g/mol. The average Bonchev–Trinajstić information content (AvgIpc) is 2.76. The van der Waals surface area contributed by atoms with Gasteiger partial charge in [0.1, 0.15) is 23.4 Å². The van der Waals surface area contributed by atoms with E-state index in [2.05, 4.69) is 31.9 Å². The summed E-state index contributed by atoms with van der Waals surface area (Å²) in [6.45, 7) is 3.97. The number of methoxy groups -OCH3 is 1. The molecule has 2 N–H and O–H groups in total. The third-order valence-electron chi connectivity index (χ3n) is 5.18. The maximum atomic E-state index is 14.7. The predicted molar refractivity (Wildman–Crippen MR) is 136 cm³/mol. The minimum absolute atomic E-state index is 0.00774. The van der Waals surface area contributed by atoms with Crippen LogP contribution in [0.5, 0.6) is 17.2 Å². The molecule has 1 unspecified atom stereocenters. The van der Waals surface area contributed by atoms with Crippen LogP contribution in [0.1, 0.15) is 48.1 Å². The van der Waals surface area contributed by atoms with E-state index in [-0.39, 0.29) is 34.2 Å². The minimum atomic E-state index is -1.40. The summed E-state index contributed by atoms with van der Waals surface area (Å²) >= 11 is 12.8. The summed E-state index contributed by atoms with van der Waals surface area (Å²) in [6.07, 6.45) is -1.55. The van der Waals surface area contributed by atoms with Gasteiger partial charge in [0.15, 0.2) is 5.75 Å². The molecule has 5 nitrogen and oxygen atoms in total. The van der Waals surface area contributed by atoms with Crippen molar-refractivity contribution in [2.75, 3.05) is 7.11 Å². The molecule has 0 saturated carbocycles. The van der Waals surface area contributed by atoms with E-state index in [1.807, 2.05) is 13.8 Å². The second kappa shape index (κ2) is 11.1. The zero-order chi connectivity index (χ0) is 25.2. The van der Waals surface area contributed by atoms with Crippen molar-refractivity contribution in [3.8, 4) is 17.2 Å². The lowest BCUT2D eigenvalue weighted by Gasteiger charge is -2.22. The summed E-state index contributed by atoms with van der Waals surface area (Å²) in [7, 11) is 1.52. The molecule has 0 aliphatic heterocycles. The Morgan fingerprint density at radius 3 is 2.24 bits per heavy atom. The van der Waals surface area contributed by atoms with Crippen molar-refractivity contribution in [1.82, 2.24) is 0 Å². The highest BCUT2D eigenvalue weighted by Gasteiger charge is 2.25. The smallest absolute Gasteiger partial charge is 0.307 e. The Hall–Kier alpha value is -2.13. The van der Waals surface area contributed by atoms with Crippen molar-refractivity contribution in [3.63, 3.8) is 0 Å². The quantitative estimate of drug-likeness (QED) is 0.272. The number of rotatable bonds is 8. The van der Waals surface area contributed by atoms with Crippen LogP contribution in [-0.2, 0) is 11.2 Å². The first-order valence-corrected chi connectivity index (χ1v) is 12.2. The Morgan fingerprint density at radius 2 is 1.68 bits per heavy atom. The van der Waals surface area contributed by atoms with E-state index >= 15 is 0 Å². The van der Waals surface area contributed by atoms with E-state index in [0.717, 1.165) is 5.56 Å². The van der Waals surface area contributed by atoms with Crippen LogP contribution in [0.3, 0.4) is 0 Å². The zero-order valence-electron chi connectivity index (χ0n) is 18.5. The van der Waals surface area contributed by atoms with E-state index in [9.17, 15) is 14.3 Å². The maximum Gasteiger partial charge on any atom is 0.307 e. The highest BCUT2D eigenvalue weighted by atomic mass is 79.9. The van der Waals surface area contributed by atoms with E-state index < -0.39 is 17.9 Å². The van der Waals surface area contributed by atoms with Gasteiger partial charge in [0.2, 0.25) is 0 Å².